The van der Waals surface area contributed by atoms with E-state index in [0.29, 0.717) is 19.7 Å². The van der Waals surface area contributed by atoms with Crippen LogP contribution in [0.4, 0.5) is 4.79 Å². The first-order valence-electron chi connectivity index (χ1n) is 6.05. The van der Waals surface area contributed by atoms with Crippen molar-refractivity contribution < 1.29 is 9.53 Å². The molecule has 3 N–H and O–H groups in total. The Morgan fingerprint density at radius 1 is 1.33 bits per heavy atom. The molecule has 0 spiro atoms. The molecule has 0 aromatic heterocycles. The zero-order valence-electron chi connectivity index (χ0n) is 10.8. The van der Waals surface area contributed by atoms with Crippen molar-refractivity contribution in [2.24, 2.45) is 5.73 Å². The molecule has 5 heteroatoms. The number of hydrogen-bond acceptors (Lipinski definition) is 4. The summed E-state index contributed by atoms with van der Waals surface area (Å²) in [5.41, 5.74) is 6.40. The highest BCUT2D eigenvalue weighted by atomic mass is 16.5. The minimum absolute atomic E-state index is 0.297. The van der Waals surface area contributed by atoms with Crippen molar-refractivity contribution in [2.45, 2.75) is 6.61 Å². The van der Waals surface area contributed by atoms with Gasteiger partial charge in [0.1, 0.15) is 6.61 Å². The van der Waals surface area contributed by atoms with Gasteiger partial charge in [0.25, 0.3) is 0 Å². The third-order valence-corrected chi connectivity index (χ3v) is 2.49. The summed E-state index contributed by atoms with van der Waals surface area (Å²) in [7, 11) is 1.96. The molecule has 0 radical (unpaired) electrons. The van der Waals surface area contributed by atoms with Crippen molar-refractivity contribution in [1.82, 2.24) is 10.2 Å². The molecule has 0 heterocycles. The molecule has 0 fully saturated rings. The van der Waals surface area contributed by atoms with Crippen LogP contribution in [-0.4, -0.2) is 44.2 Å². The number of alkyl carbamates (subject to hydrolysis) is 1. The zero-order valence-corrected chi connectivity index (χ0v) is 10.8. The second kappa shape index (κ2) is 8.49. The van der Waals surface area contributed by atoms with E-state index >= 15 is 0 Å². The average Bonchev–Trinajstić information content (AvgIpc) is 2.38. The Hall–Kier alpha value is -1.59. The van der Waals surface area contributed by atoms with Gasteiger partial charge in [0, 0.05) is 26.2 Å². The van der Waals surface area contributed by atoms with Crippen molar-refractivity contribution >= 4 is 6.09 Å². The molecule has 5 nitrogen and oxygen atoms in total. The van der Waals surface area contributed by atoms with Crippen LogP contribution >= 0.6 is 0 Å². The molecule has 0 unspecified atom stereocenters. The number of nitrogens with one attached hydrogen (secondary N) is 1. The Balaban J connectivity index is 2.11. The second-order valence-electron chi connectivity index (χ2n) is 4.08. The summed E-state index contributed by atoms with van der Waals surface area (Å²) in [5.74, 6) is 0. The topological polar surface area (TPSA) is 67.6 Å². The summed E-state index contributed by atoms with van der Waals surface area (Å²) in [6.07, 6.45) is -0.389. The van der Waals surface area contributed by atoms with E-state index < -0.39 is 0 Å². The Labute approximate surface area is 108 Å². The van der Waals surface area contributed by atoms with Crippen LogP contribution in [0.3, 0.4) is 0 Å². The fraction of sp³-hybridized carbons (Fsp3) is 0.462. The van der Waals surface area contributed by atoms with Gasteiger partial charge in [0.2, 0.25) is 0 Å². The number of carbonyl (C=O) groups excluding carboxylic acids is 1. The highest BCUT2D eigenvalue weighted by Gasteiger charge is 2.02. The monoisotopic (exact) mass is 251 g/mol. The van der Waals surface area contributed by atoms with Crippen LogP contribution < -0.4 is 11.1 Å². The standard InChI is InChI=1S/C13H21N3O2/c1-16(9-7-14)10-8-15-13(17)18-11-12-5-3-2-4-6-12/h2-6H,7-11,14H2,1H3,(H,15,17). The Morgan fingerprint density at radius 3 is 2.72 bits per heavy atom. The van der Waals surface area contributed by atoms with Crippen molar-refractivity contribution in [3.63, 3.8) is 0 Å². The first kappa shape index (κ1) is 14.5. The molecule has 1 aromatic rings. The zero-order chi connectivity index (χ0) is 13.2. The second-order valence-corrected chi connectivity index (χ2v) is 4.08. The largest absolute Gasteiger partial charge is 0.445 e. The number of amides is 1. The maximum Gasteiger partial charge on any atom is 0.407 e. The van der Waals surface area contributed by atoms with Crippen LogP contribution in [0.2, 0.25) is 0 Å². The number of nitrogens with zero attached hydrogens (tertiary/aromatic N) is 1. The van der Waals surface area contributed by atoms with Gasteiger partial charge in [-0.2, -0.15) is 0 Å². The van der Waals surface area contributed by atoms with Gasteiger partial charge in [-0.15, -0.1) is 0 Å². The summed E-state index contributed by atoms with van der Waals surface area (Å²) in [5, 5.41) is 2.70. The molecule has 0 aliphatic heterocycles. The lowest BCUT2D eigenvalue weighted by Gasteiger charge is -2.15. The Bertz CT molecular complexity index is 343. The lowest BCUT2D eigenvalue weighted by atomic mass is 10.2. The van der Waals surface area contributed by atoms with E-state index in [4.69, 9.17) is 10.5 Å². The van der Waals surface area contributed by atoms with Gasteiger partial charge in [-0.1, -0.05) is 30.3 Å². The van der Waals surface area contributed by atoms with E-state index in [0.717, 1.165) is 18.7 Å². The van der Waals surface area contributed by atoms with Crippen molar-refractivity contribution in [2.75, 3.05) is 33.2 Å². The minimum Gasteiger partial charge on any atom is -0.445 e. The number of ether oxygens (including phenoxy) is 1. The van der Waals surface area contributed by atoms with Gasteiger partial charge >= 0.3 is 6.09 Å². The number of hydrogen-bond donors (Lipinski definition) is 2. The molecule has 1 rings (SSSR count). The van der Waals surface area contributed by atoms with Gasteiger partial charge in [-0.25, -0.2) is 4.79 Å². The summed E-state index contributed by atoms with van der Waals surface area (Å²) in [4.78, 5) is 13.4. The van der Waals surface area contributed by atoms with Crippen LogP contribution in [0.15, 0.2) is 30.3 Å². The fourth-order valence-electron chi connectivity index (χ4n) is 1.46. The molecule has 0 bridgehead atoms. The van der Waals surface area contributed by atoms with Gasteiger partial charge in [0.05, 0.1) is 0 Å². The quantitative estimate of drug-likeness (QED) is 0.752. The lowest BCUT2D eigenvalue weighted by molar-refractivity contribution is 0.138. The number of likely N-dealkylation sites (N-methyl/N-ethyl adjacent to an activating group) is 1. The third-order valence-electron chi connectivity index (χ3n) is 2.49. The van der Waals surface area contributed by atoms with E-state index in [1.807, 2.05) is 37.4 Å². The molecule has 100 valence electrons. The van der Waals surface area contributed by atoms with E-state index in [1.165, 1.54) is 0 Å². The van der Waals surface area contributed by atoms with Crippen LogP contribution in [0, 0.1) is 0 Å². The molecule has 1 aromatic carbocycles. The summed E-state index contributed by atoms with van der Waals surface area (Å²) < 4.78 is 5.08. The maximum absolute atomic E-state index is 11.4. The normalized spacial score (nSPS) is 10.4. The van der Waals surface area contributed by atoms with E-state index in [1.54, 1.807) is 0 Å². The highest BCUT2D eigenvalue weighted by molar-refractivity contribution is 5.67. The van der Waals surface area contributed by atoms with Crippen LogP contribution in [0.25, 0.3) is 0 Å². The number of nitrogens with two attached hydrogens (primary N) is 1. The van der Waals surface area contributed by atoms with Crippen molar-refractivity contribution in [3.8, 4) is 0 Å². The number of rotatable bonds is 7. The average molecular weight is 251 g/mol. The van der Waals surface area contributed by atoms with Gasteiger partial charge < -0.3 is 20.7 Å². The fourth-order valence-corrected chi connectivity index (χ4v) is 1.46. The van der Waals surface area contributed by atoms with Gasteiger partial charge in [-0.05, 0) is 12.6 Å². The van der Waals surface area contributed by atoms with Crippen LogP contribution in [0.5, 0.6) is 0 Å². The molecule has 1 amide bonds. The predicted molar refractivity (Wildman–Crippen MR) is 71.2 cm³/mol. The van der Waals surface area contributed by atoms with Crippen molar-refractivity contribution in [3.05, 3.63) is 35.9 Å². The predicted octanol–water partition coefficient (Wildman–Crippen LogP) is 0.803. The molecule has 0 saturated heterocycles. The SMILES string of the molecule is CN(CCN)CCNC(=O)OCc1ccccc1. The molecule has 0 saturated carbocycles. The number of carbonyl (C=O) groups is 1. The molecule has 0 atom stereocenters. The third kappa shape index (κ3) is 6.22. The summed E-state index contributed by atoms with van der Waals surface area (Å²) >= 11 is 0. The van der Waals surface area contributed by atoms with Crippen LogP contribution in [0.1, 0.15) is 5.56 Å². The summed E-state index contributed by atoms with van der Waals surface area (Å²) in [6, 6.07) is 9.60. The number of benzene rings is 1. The van der Waals surface area contributed by atoms with Crippen molar-refractivity contribution in [1.29, 1.82) is 0 Å². The maximum atomic E-state index is 11.4. The molecular formula is C13H21N3O2. The first-order chi connectivity index (χ1) is 8.72. The Morgan fingerprint density at radius 2 is 2.06 bits per heavy atom. The molecule has 0 aliphatic carbocycles. The molecular weight excluding hydrogens is 230 g/mol. The smallest absolute Gasteiger partial charge is 0.407 e. The van der Waals surface area contributed by atoms with Crippen LogP contribution in [-0.2, 0) is 11.3 Å². The van der Waals surface area contributed by atoms with E-state index in [2.05, 4.69) is 10.2 Å². The van der Waals surface area contributed by atoms with E-state index in [-0.39, 0.29) is 6.09 Å². The summed E-state index contributed by atoms with van der Waals surface area (Å²) in [6.45, 7) is 3.06. The van der Waals surface area contributed by atoms with E-state index in [9.17, 15) is 4.79 Å². The highest BCUT2D eigenvalue weighted by Crippen LogP contribution is 2.00. The van der Waals surface area contributed by atoms with Gasteiger partial charge in [-0.3, -0.25) is 0 Å². The molecule has 18 heavy (non-hydrogen) atoms. The molecule has 0 aliphatic rings. The minimum atomic E-state index is -0.389. The Kier molecular flexibility index (Phi) is 6.83. The lowest BCUT2D eigenvalue weighted by Crippen LogP contribution is -2.35. The van der Waals surface area contributed by atoms with Gasteiger partial charge in [0.15, 0.2) is 0 Å². The first-order valence-corrected chi connectivity index (χ1v) is 6.05.